The van der Waals surface area contributed by atoms with E-state index in [9.17, 15) is 4.79 Å². The zero-order valence-corrected chi connectivity index (χ0v) is 14.5. The van der Waals surface area contributed by atoms with E-state index in [0.717, 1.165) is 16.8 Å². The van der Waals surface area contributed by atoms with E-state index in [2.05, 4.69) is 5.32 Å². The standard InChI is InChI=1S/C18H22ClN3O/c1-21(2)16-10-8-14(9-11-16)13-22(3)18(23)20-12-15-6-4-5-7-17(15)19/h4-11H,12-13H2,1-3H3,(H,20,23). The highest BCUT2D eigenvalue weighted by atomic mass is 35.5. The zero-order valence-electron chi connectivity index (χ0n) is 13.7. The average molecular weight is 332 g/mol. The van der Waals surface area contributed by atoms with Crippen molar-refractivity contribution in [1.29, 1.82) is 0 Å². The molecule has 0 unspecified atom stereocenters. The van der Waals surface area contributed by atoms with Gasteiger partial charge in [0.2, 0.25) is 0 Å². The number of halogens is 1. The molecule has 0 spiro atoms. The van der Waals surface area contributed by atoms with Crippen LogP contribution in [0.25, 0.3) is 0 Å². The van der Waals surface area contributed by atoms with Gasteiger partial charge in [-0.2, -0.15) is 0 Å². The summed E-state index contributed by atoms with van der Waals surface area (Å²) in [7, 11) is 5.79. The van der Waals surface area contributed by atoms with Gasteiger partial charge in [0, 0.05) is 44.9 Å². The first-order chi connectivity index (χ1) is 11.0. The van der Waals surface area contributed by atoms with Gasteiger partial charge in [-0.25, -0.2) is 4.79 Å². The molecule has 0 aliphatic carbocycles. The minimum absolute atomic E-state index is 0.124. The summed E-state index contributed by atoms with van der Waals surface area (Å²) >= 11 is 6.09. The molecule has 2 aromatic carbocycles. The zero-order chi connectivity index (χ0) is 16.8. The van der Waals surface area contributed by atoms with Gasteiger partial charge >= 0.3 is 6.03 Å². The molecule has 4 nitrogen and oxygen atoms in total. The van der Waals surface area contributed by atoms with E-state index in [1.165, 1.54) is 0 Å². The lowest BCUT2D eigenvalue weighted by Gasteiger charge is -2.19. The Morgan fingerprint density at radius 1 is 1.04 bits per heavy atom. The number of nitrogens with one attached hydrogen (secondary N) is 1. The molecule has 0 saturated carbocycles. The number of rotatable bonds is 5. The Morgan fingerprint density at radius 3 is 2.30 bits per heavy atom. The van der Waals surface area contributed by atoms with Gasteiger partial charge in [-0.3, -0.25) is 0 Å². The topological polar surface area (TPSA) is 35.6 Å². The molecule has 2 aromatic rings. The fraction of sp³-hybridized carbons (Fsp3) is 0.278. The van der Waals surface area contributed by atoms with Crippen molar-refractivity contribution < 1.29 is 4.79 Å². The molecule has 2 rings (SSSR count). The minimum Gasteiger partial charge on any atom is -0.378 e. The van der Waals surface area contributed by atoms with E-state index in [1.54, 1.807) is 11.9 Å². The van der Waals surface area contributed by atoms with Crippen LogP contribution in [0.2, 0.25) is 5.02 Å². The van der Waals surface area contributed by atoms with Crippen molar-refractivity contribution in [2.45, 2.75) is 13.1 Å². The Bertz CT molecular complexity index is 656. The third-order valence-electron chi connectivity index (χ3n) is 3.61. The fourth-order valence-corrected chi connectivity index (χ4v) is 2.40. The third kappa shape index (κ3) is 4.89. The summed E-state index contributed by atoms with van der Waals surface area (Å²) in [6, 6.07) is 15.5. The summed E-state index contributed by atoms with van der Waals surface area (Å²) in [6.45, 7) is 0.977. The van der Waals surface area contributed by atoms with Crippen molar-refractivity contribution in [1.82, 2.24) is 10.2 Å². The second kappa shape index (κ2) is 7.88. The Kier molecular flexibility index (Phi) is 5.88. The lowest BCUT2D eigenvalue weighted by Crippen LogP contribution is -2.36. The van der Waals surface area contributed by atoms with Crippen molar-refractivity contribution in [2.75, 3.05) is 26.0 Å². The van der Waals surface area contributed by atoms with Crippen molar-refractivity contribution >= 4 is 23.3 Å². The molecule has 0 heterocycles. The molecule has 0 atom stereocenters. The van der Waals surface area contributed by atoms with Crippen molar-refractivity contribution in [3.8, 4) is 0 Å². The summed E-state index contributed by atoms with van der Waals surface area (Å²) in [6.07, 6.45) is 0. The first-order valence-electron chi connectivity index (χ1n) is 7.46. The van der Waals surface area contributed by atoms with E-state index in [4.69, 9.17) is 11.6 Å². The number of amides is 2. The van der Waals surface area contributed by atoms with Crippen molar-refractivity contribution in [2.24, 2.45) is 0 Å². The average Bonchev–Trinajstić information content (AvgIpc) is 2.54. The highest BCUT2D eigenvalue weighted by molar-refractivity contribution is 6.31. The van der Waals surface area contributed by atoms with E-state index in [-0.39, 0.29) is 6.03 Å². The molecule has 23 heavy (non-hydrogen) atoms. The smallest absolute Gasteiger partial charge is 0.317 e. The molecule has 5 heteroatoms. The number of hydrogen-bond donors (Lipinski definition) is 1. The van der Waals surface area contributed by atoms with E-state index in [1.807, 2.05) is 67.5 Å². The van der Waals surface area contributed by atoms with Gasteiger partial charge in [0.1, 0.15) is 0 Å². The van der Waals surface area contributed by atoms with Crippen LogP contribution in [-0.4, -0.2) is 32.1 Å². The van der Waals surface area contributed by atoms with Crippen LogP contribution in [0.3, 0.4) is 0 Å². The Labute approximate surface area is 142 Å². The van der Waals surface area contributed by atoms with Crippen LogP contribution in [0.1, 0.15) is 11.1 Å². The van der Waals surface area contributed by atoms with Crippen LogP contribution < -0.4 is 10.2 Å². The Hall–Kier alpha value is -2.20. The molecule has 122 valence electrons. The van der Waals surface area contributed by atoms with Gasteiger partial charge in [0.05, 0.1) is 0 Å². The van der Waals surface area contributed by atoms with E-state index in [0.29, 0.717) is 18.1 Å². The predicted octanol–water partition coefficient (Wildman–Crippen LogP) is 3.75. The maximum Gasteiger partial charge on any atom is 0.317 e. The molecule has 0 radical (unpaired) electrons. The largest absolute Gasteiger partial charge is 0.378 e. The number of benzene rings is 2. The highest BCUT2D eigenvalue weighted by Gasteiger charge is 2.09. The normalized spacial score (nSPS) is 10.3. The minimum atomic E-state index is -0.124. The molecule has 1 N–H and O–H groups in total. The molecular weight excluding hydrogens is 310 g/mol. The molecule has 0 aliphatic heterocycles. The van der Waals surface area contributed by atoms with Crippen LogP contribution >= 0.6 is 11.6 Å². The van der Waals surface area contributed by atoms with Crippen LogP contribution in [-0.2, 0) is 13.1 Å². The number of urea groups is 1. The first-order valence-corrected chi connectivity index (χ1v) is 7.84. The molecule has 0 saturated heterocycles. The first kappa shape index (κ1) is 17.2. The third-order valence-corrected chi connectivity index (χ3v) is 3.98. The molecule has 0 aromatic heterocycles. The van der Waals surface area contributed by atoms with Gasteiger partial charge in [-0.15, -0.1) is 0 Å². The molecule has 0 fully saturated rings. The van der Waals surface area contributed by atoms with Gasteiger partial charge in [0.25, 0.3) is 0 Å². The van der Waals surface area contributed by atoms with Crippen molar-refractivity contribution in [3.05, 3.63) is 64.7 Å². The maximum absolute atomic E-state index is 12.2. The van der Waals surface area contributed by atoms with Crippen LogP contribution in [0.5, 0.6) is 0 Å². The number of hydrogen-bond acceptors (Lipinski definition) is 2. The van der Waals surface area contributed by atoms with Gasteiger partial charge in [-0.05, 0) is 29.3 Å². The Balaban J connectivity index is 1.88. The van der Waals surface area contributed by atoms with Crippen LogP contribution in [0.4, 0.5) is 10.5 Å². The summed E-state index contributed by atoms with van der Waals surface area (Å²) in [4.78, 5) is 15.9. The lowest BCUT2D eigenvalue weighted by molar-refractivity contribution is 0.206. The van der Waals surface area contributed by atoms with Crippen LogP contribution in [0.15, 0.2) is 48.5 Å². The second-order valence-corrected chi connectivity index (χ2v) is 6.07. The summed E-state index contributed by atoms with van der Waals surface area (Å²) < 4.78 is 0. The monoisotopic (exact) mass is 331 g/mol. The Morgan fingerprint density at radius 2 is 1.70 bits per heavy atom. The SMILES string of the molecule is CN(Cc1ccc(N(C)C)cc1)C(=O)NCc1ccccc1Cl. The quantitative estimate of drug-likeness (QED) is 0.905. The van der Waals surface area contributed by atoms with Gasteiger partial charge in [0.15, 0.2) is 0 Å². The fourth-order valence-electron chi connectivity index (χ4n) is 2.19. The summed E-state index contributed by atoms with van der Waals surface area (Å²) in [5.41, 5.74) is 3.14. The van der Waals surface area contributed by atoms with Crippen LogP contribution in [0, 0.1) is 0 Å². The molecule has 0 bridgehead atoms. The summed E-state index contributed by atoms with van der Waals surface area (Å²) in [5, 5.41) is 3.55. The lowest BCUT2D eigenvalue weighted by atomic mass is 10.2. The van der Waals surface area contributed by atoms with Crippen molar-refractivity contribution in [3.63, 3.8) is 0 Å². The number of anilines is 1. The predicted molar refractivity (Wildman–Crippen MR) is 95.9 cm³/mol. The van der Waals surface area contributed by atoms with E-state index >= 15 is 0 Å². The number of nitrogens with zero attached hydrogens (tertiary/aromatic N) is 2. The highest BCUT2D eigenvalue weighted by Crippen LogP contribution is 2.15. The molecular formula is C18H22ClN3O. The van der Waals surface area contributed by atoms with Gasteiger partial charge in [-0.1, -0.05) is 41.9 Å². The second-order valence-electron chi connectivity index (χ2n) is 5.67. The maximum atomic E-state index is 12.2. The number of carbonyl (C=O) groups is 1. The van der Waals surface area contributed by atoms with E-state index < -0.39 is 0 Å². The van der Waals surface area contributed by atoms with Gasteiger partial charge < -0.3 is 15.1 Å². The number of carbonyl (C=O) groups excluding carboxylic acids is 1. The summed E-state index contributed by atoms with van der Waals surface area (Å²) in [5.74, 6) is 0. The molecule has 0 aliphatic rings. The molecule has 2 amide bonds.